The number of hydrogen-bond acceptors (Lipinski definition) is 3. The number of nitrogens with zero attached hydrogens (tertiary/aromatic N) is 4. The Labute approximate surface area is 89.6 Å². The highest BCUT2D eigenvalue weighted by Gasteiger charge is 2.14. The van der Waals surface area contributed by atoms with Crippen molar-refractivity contribution in [3.63, 3.8) is 0 Å². The van der Waals surface area contributed by atoms with Gasteiger partial charge in [-0.15, -0.1) is 10.2 Å². The molecular formula is C10H17N5. The Hall–Kier alpha value is -1.39. The summed E-state index contributed by atoms with van der Waals surface area (Å²) in [4.78, 5) is 2.15. The molecule has 0 bridgehead atoms. The summed E-state index contributed by atoms with van der Waals surface area (Å²) >= 11 is 0. The summed E-state index contributed by atoms with van der Waals surface area (Å²) < 4.78 is 1.94. The fraction of sp³-hybridized carbons (Fsp3) is 0.700. The van der Waals surface area contributed by atoms with Gasteiger partial charge >= 0.3 is 0 Å². The van der Waals surface area contributed by atoms with Crippen LogP contribution in [-0.4, -0.2) is 38.6 Å². The van der Waals surface area contributed by atoms with Crippen molar-refractivity contribution in [2.24, 2.45) is 7.05 Å². The van der Waals surface area contributed by atoms with Crippen molar-refractivity contribution < 1.29 is 0 Å². The summed E-state index contributed by atoms with van der Waals surface area (Å²) in [5.74, 6) is 1.77. The lowest BCUT2D eigenvalue weighted by Gasteiger charge is -2.28. The molecule has 0 atom stereocenters. The Bertz CT molecular complexity index is 343. The minimum absolute atomic E-state index is 0.781. The van der Waals surface area contributed by atoms with E-state index >= 15 is 0 Å². The number of likely N-dealkylation sites (tertiary alicyclic amines) is 1. The van der Waals surface area contributed by atoms with Crippen molar-refractivity contribution >= 4 is 5.84 Å². The van der Waals surface area contributed by atoms with Gasteiger partial charge in [0, 0.05) is 33.0 Å². The van der Waals surface area contributed by atoms with Crippen LogP contribution in [0.1, 0.15) is 25.1 Å². The number of rotatable bonds is 3. The molecule has 0 aromatic carbocycles. The van der Waals surface area contributed by atoms with E-state index in [9.17, 15) is 0 Å². The first-order valence-electron chi connectivity index (χ1n) is 5.42. The molecule has 82 valence electrons. The van der Waals surface area contributed by atoms with Gasteiger partial charge in [-0.2, -0.15) is 0 Å². The molecule has 1 N–H and O–H groups in total. The average Bonchev–Trinajstić information content (AvgIpc) is 2.63. The zero-order chi connectivity index (χ0) is 10.7. The number of aromatic nitrogens is 3. The fourth-order valence-corrected chi connectivity index (χ4v) is 1.90. The Kier molecular flexibility index (Phi) is 2.99. The van der Waals surface area contributed by atoms with Crippen LogP contribution >= 0.6 is 0 Å². The number of nitrogens with one attached hydrogen (secondary N) is 1. The predicted octanol–water partition coefficient (Wildman–Crippen LogP) is 0.821. The third kappa shape index (κ3) is 2.34. The lowest BCUT2D eigenvalue weighted by Crippen LogP contribution is -2.36. The van der Waals surface area contributed by atoms with Gasteiger partial charge in [-0.05, 0) is 12.8 Å². The van der Waals surface area contributed by atoms with Crippen molar-refractivity contribution in [2.75, 3.05) is 13.1 Å². The van der Waals surface area contributed by atoms with Crippen LogP contribution in [0.3, 0.4) is 0 Å². The zero-order valence-electron chi connectivity index (χ0n) is 9.11. The van der Waals surface area contributed by atoms with E-state index in [1.807, 2.05) is 11.6 Å². The Morgan fingerprint density at radius 2 is 2.33 bits per heavy atom. The molecule has 1 aromatic heterocycles. The van der Waals surface area contributed by atoms with E-state index in [0.717, 1.165) is 37.6 Å². The van der Waals surface area contributed by atoms with Gasteiger partial charge in [0.25, 0.3) is 0 Å². The Balaban J connectivity index is 1.87. The molecule has 0 radical (unpaired) electrons. The van der Waals surface area contributed by atoms with E-state index in [-0.39, 0.29) is 0 Å². The number of piperidine rings is 1. The normalized spacial score (nSPS) is 17.1. The summed E-state index contributed by atoms with van der Waals surface area (Å²) in [6.07, 6.45) is 5.90. The first kappa shape index (κ1) is 10.1. The van der Waals surface area contributed by atoms with Crippen LogP contribution in [0.4, 0.5) is 0 Å². The molecule has 0 aliphatic carbocycles. The molecule has 1 aliphatic rings. The molecule has 0 unspecified atom stereocenters. The molecule has 2 rings (SSSR count). The fourth-order valence-electron chi connectivity index (χ4n) is 1.90. The first-order chi connectivity index (χ1) is 7.27. The van der Waals surface area contributed by atoms with Gasteiger partial charge in [0.05, 0.1) is 5.84 Å². The lowest BCUT2D eigenvalue weighted by molar-refractivity contribution is 0.366. The SMILES string of the molecule is Cn1cnnc1CCN1CCCCC1=N. The second-order valence-electron chi connectivity index (χ2n) is 4.00. The summed E-state index contributed by atoms with van der Waals surface area (Å²) in [6, 6.07) is 0. The summed E-state index contributed by atoms with van der Waals surface area (Å²) in [7, 11) is 1.96. The largest absolute Gasteiger partial charge is 0.360 e. The monoisotopic (exact) mass is 207 g/mol. The van der Waals surface area contributed by atoms with Gasteiger partial charge in [-0.3, -0.25) is 5.41 Å². The molecule has 0 amide bonds. The van der Waals surface area contributed by atoms with Gasteiger partial charge in [-0.1, -0.05) is 0 Å². The molecule has 5 nitrogen and oxygen atoms in total. The molecule has 15 heavy (non-hydrogen) atoms. The van der Waals surface area contributed by atoms with Gasteiger partial charge in [-0.25, -0.2) is 0 Å². The van der Waals surface area contributed by atoms with Gasteiger partial charge in [0.15, 0.2) is 0 Å². The molecule has 1 aromatic rings. The molecule has 2 heterocycles. The topological polar surface area (TPSA) is 57.8 Å². The van der Waals surface area contributed by atoms with Crippen LogP contribution in [0.2, 0.25) is 0 Å². The van der Waals surface area contributed by atoms with Crippen LogP contribution in [0.15, 0.2) is 6.33 Å². The van der Waals surface area contributed by atoms with Crippen LogP contribution in [0, 0.1) is 5.41 Å². The molecular weight excluding hydrogens is 190 g/mol. The molecule has 1 fully saturated rings. The first-order valence-corrected chi connectivity index (χ1v) is 5.42. The van der Waals surface area contributed by atoms with Crippen molar-refractivity contribution in [3.8, 4) is 0 Å². The second-order valence-corrected chi connectivity index (χ2v) is 4.00. The standard InChI is InChI=1S/C10H17N5/c1-14-8-12-13-10(14)5-7-15-6-3-2-4-9(15)11/h8,11H,2-7H2,1H3. The molecule has 5 heteroatoms. The van der Waals surface area contributed by atoms with Crippen molar-refractivity contribution in [3.05, 3.63) is 12.2 Å². The van der Waals surface area contributed by atoms with Crippen LogP contribution in [-0.2, 0) is 13.5 Å². The Morgan fingerprint density at radius 3 is 3.00 bits per heavy atom. The Morgan fingerprint density at radius 1 is 1.47 bits per heavy atom. The van der Waals surface area contributed by atoms with Gasteiger partial charge < -0.3 is 9.47 Å². The molecule has 1 aliphatic heterocycles. The number of hydrogen-bond donors (Lipinski definition) is 1. The summed E-state index contributed by atoms with van der Waals surface area (Å²) in [6.45, 7) is 1.92. The third-order valence-corrected chi connectivity index (χ3v) is 2.88. The quantitative estimate of drug-likeness (QED) is 0.798. The maximum absolute atomic E-state index is 7.81. The number of amidine groups is 1. The van der Waals surface area contributed by atoms with Crippen LogP contribution in [0.25, 0.3) is 0 Å². The molecule has 1 saturated heterocycles. The highest BCUT2D eigenvalue weighted by molar-refractivity contribution is 5.79. The van der Waals surface area contributed by atoms with E-state index in [4.69, 9.17) is 5.41 Å². The van der Waals surface area contributed by atoms with Gasteiger partial charge in [0.2, 0.25) is 0 Å². The third-order valence-electron chi connectivity index (χ3n) is 2.88. The van der Waals surface area contributed by atoms with E-state index in [2.05, 4.69) is 15.1 Å². The highest BCUT2D eigenvalue weighted by Crippen LogP contribution is 2.11. The highest BCUT2D eigenvalue weighted by atomic mass is 15.3. The van der Waals surface area contributed by atoms with E-state index in [0.29, 0.717) is 0 Å². The lowest BCUT2D eigenvalue weighted by atomic mass is 10.1. The van der Waals surface area contributed by atoms with E-state index in [1.54, 1.807) is 6.33 Å². The van der Waals surface area contributed by atoms with Crippen LogP contribution < -0.4 is 0 Å². The smallest absolute Gasteiger partial charge is 0.134 e. The van der Waals surface area contributed by atoms with Gasteiger partial charge in [0.1, 0.15) is 12.2 Å². The minimum atomic E-state index is 0.781. The summed E-state index contributed by atoms with van der Waals surface area (Å²) in [5.41, 5.74) is 0. The van der Waals surface area contributed by atoms with Crippen molar-refractivity contribution in [2.45, 2.75) is 25.7 Å². The van der Waals surface area contributed by atoms with E-state index < -0.39 is 0 Å². The van der Waals surface area contributed by atoms with Crippen molar-refractivity contribution in [1.29, 1.82) is 5.41 Å². The summed E-state index contributed by atoms with van der Waals surface area (Å²) in [5, 5.41) is 15.7. The maximum atomic E-state index is 7.81. The second kappa shape index (κ2) is 4.42. The zero-order valence-corrected chi connectivity index (χ0v) is 9.11. The minimum Gasteiger partial charge on any atom is -0.360 e. The van der Waals surface area contributed by atoms with Crippen LogP contribution in [0.5, 0.6) is 0 Å². The van der Waals surface area contributed by atoms with E-state index in [1.165, 1.54) is 12.8 Å². The average molecular weight is 207 g/mol. The number of aryl methyl sites for hydroxylation is 1. The maximum Gasteiger partial charge on any atom is 0.134 e. The molecule has 0 saturated carbocycles. The molecule has 0 spiro atoms. The van der Waals surface area contributed by atoms with Crippen molar-refractivity contribution in [1.82, 2.24) is 19.7 Å². The predicted molar refractivity (Wildman–Crippen MR) is 57.9 cm³/mol.